The van der Waals surface area contributed by atoms with Crippen LogP contribution in [0, 0.1) is 18.2 Å². The normalized spacial score (nSPS) is 15.9. The van der Waals surface area contributed by atoms with Gasteiger partial charge in [0.25, 0.3) is 0 Å². The van der Waals surface area contributed by atoms with Gasteiger partial charge in [-0.3, -0.25) is 0 Å². The highest BCUT2D eigenvalue weighted by molar-refractivity contribution is 14.1. The third-order valence-electron chi connectivity index (χ3n) is 7.09. The van der Waals surface area contributed by atoms with E-state index < -0.39 is 28.9 Å². The summed E-state index contributed by atoms with van der Waals surface area (Å²) in [6.07, 6.45) is 2.17. The number of aryl methyl sites for hydroxylation is 1. The molecule has 2 aromatic carbocycles. The number of nitrogens with zero attached hydrogens (tertiary/aromatic N) is 3. The molecule has 1 atom stereocenters. The van der Waals surface area contributed by atoms with Crippen LogP contribution in [0.4, 0.5) is 19.0 Å². The van der Waals surface area contributed by atoms with E-state index in [0.717, 1.165) is 39.3 Å². The predicted octanol–water partition coefficient (Wildman–Crippen LogP) is 6.56. The third-order valence-corrected chi connectivity index (χ3v) is 7.43. The van der Waals surface area contributed by atoms with Crippen LogP contribution < -0.4 is 14.8 Å². The highest BCUT2D eigenvalue weighted by Crippen LogP contribution is 2.48. The van der Waals surface area contributed by atoms with Gasteiger partial charge in [-0.15, -0.1) is 0 Å². The molecule has 1 aliphatic carbocycles. The maximum Gasteiger partial charge on any atom is 0.303 e. The Morgan fingerprint density at radius 3 is 2.49 bits per heavy atom. The standard InChI is InChI=1S/C28H34F3IN4O3/c1-16(18-8-7-9-20(24(18)29)28(30,31)26(3,4)37)33-25-19-12-23(39-15-27(10-11-27)14-36(5)32)22(38-6)13-21(19)34-17(2)35-25/h7-9,12-13,16,37H,10-11,14-15H2,1-6H3,(H,33,34,35)/t16-/m1/s1. The van der Waals surface area contributed by atoms with Crippen LogP contribution in [0.1, 0.15) is 56.6 Å². The molecule has 0 bridgehead atoms. The summed E-state index contributed by atoms with van der Waals surface area (Å²) in [5.74, 6) is -2.93. The van der Waals surface area contributed by atoms with E-state index in [9.17, 15) is 13.9 Å². The van der Waals surface area contributed by atoms with E-state index in [-0.39, 0.29) is 11.0 Å². The molecule has 0 saturated heterocycles. The van der Waals surface area contributed by atoms with Gasteiger partial charge in [0.2, 0.25) is 0 Å². The second-order valence-electron chi connectivity index (χ2n) is 10.9. The fourth-order valence-electron chi connectivity index (χ4n) is 4.59. The predicted molar refractivity (Wildman–Crippen MR) is 153 cm³/mol. The number of ether oxygens (including phenoxy) is 2. The van der Waals surface area contributed by atoms with Gasteiger partial charge < -0.3 is 19.9 Å². The lowest BCUT2D eigenvalue weighted by Crippen LogP contribution is -2.41. The Morgan fingerprint density at radius 2 is 1.90 bits per heavy atom. The van der Waals surface area contributed by atoms with Crippen LogP contribution in [0.2, 0.25) is 0 Å². The lowest BCUT2D eigenvalue weighted by molar-refractivity contribution is -0.170. The molecule has 1 aromatic heterocycles. The zero-order valence-electron chi connectivity index (χ0n) is 22.9. The molecule has 11 heteroatoms. The van der Waals surface area contributed by atoms with Crippen molar-refractivity contribution in [1.82, 2.24) is 13.1 Å². The van der Waals surface area contributed by atoms with E-state index in [0.29, 0.717) is 40.7 Å². The van der Waals surface area contributed by atoms with Gasteiger partial charge in [0.15, 0.2) is 11.5 Å². The van der Waals surface area contributed by atoms with Crippen molar-refractivity contribution >= 4 is 39.6 Å². The van der Waals surface area contributed by atoms with Crippen molar-refractivity contribution in [3.8, 4) is 11.5 Å². The van der Waals surface area contributed by atoms with Gasteiger partial charge in [-0.25, -0.2) is 17.5 Å². The number of benzene rings is 2. The minimum atomic E-state index is -3.79. The molecule has 3 aromatic rings. The van der Waals surface area contributed by atoms with E-state index in [1.165, 1.54) is 12.1 Å². The largest absolute Gasteiger partial charge is 0.493 e. The number of nitrogens with one attached hydrogen (secondary N) is 1. The van der Waals surface area contributed by atoms with Gasteiger partial charge in [-0.2, -0.15) is 8.78 Å². The molecule has 0 spiro atoms. The molecule has 0 aliphatic heterocycles. The van der Waals surface area contributed by atoms with Crippen molar-refractivity contribution in [2.75, 3.05) is 32.6 Å². The maximum atomic E-state index is 15.4. The summed E-state index contributed by atoms with van der Waals surface area (Å²) in [5.41, 5.74) is -2.59. The summed E-state index contributed by atoms with van der Waals surface area (Å²) in [5, 5.41) is 13.8. The van der Waals surface area contributed by atoms with Crippen molar-refractivity contribution in [3.63, 3.8) is 0 Å². The van der Waals surface area contributed by atoms with Gasteiger partial charge in [0, 0.05) is 51.8 Å². The molecule has 4 rings (SSSR count). The molecule has 1 aliphatic rings. The summed E-state index contributed by atoms with van der Waals surface area (Å²) in [6, 6.07) is 6.61. The molecular weight excluding hydrogens is 624 g/mol. The Hall–Kier alpha value is -2.38. The second-order valence-corrected chi connectivity index (χ2v) is 12.5. The number of fused-ring (bicyclic) bond motifs is 1. The van der Waals surface area contributed by atoms with Crippen LogP contribution in [0.25, 0.3) is 10.9 Å². The first-order valence-electron chi connectivity index (χ1n) is 12.7. The van der Waals surface area contributed by atoms with Gasteiger partial charge >= 0.3 is 5.92 Å². The average Bonchev–Trinajstić information content (AvgIpc) is 3.60. The number of hydrogen-bond acceptors (Lipinski definition) is 7. The Morgan fingerprint density at radius 1 is 1.21 bits per heavy atom. The number of anilines is 1. The molecule has 39 heavy (non-hydrogen) atoms. The molecule has 0 radical (unpaired) electrons. The van der Waals surface area contributed by atoms with E-state index in [1.807, 2.05) is 7.05 Å². The SMILES string of the molecule is COc1cc2nc(C)nc(N[C@H](C)c3cccc(C(F)(F)C(C)(C)O)c3F)c2cc1OCC1(CN(C)I)CC1. The first-order chi connectivity index (χ1) is 18.2. The highest BCUT2D eigenvalue weighted by Gasteiger charge is 2.49. The minimum Gasteiger partial charge on any atom is -0.493 e. The minimum absolute atomic E-state index is 0.0180. The van der Waals surface area contributed by atoms with Crippen molar-refractivity contribution in [2.45, 2.75) is 58.1 Å². The Labute approximate surface area is 240 Å². The van der Waals surface area contributed by atoms with Gasteiger partial charge in [0.05, 0.1) is 30.8 Å². The summed E-state index contributed by atoms with van der Waals surface area (Å²) < 4.78 is 59.0. The van der Waals surface area contributed by atoms with Crippen LogP contribution in [0.5, 0.6) is 11.5 Å². The number of aromatic nitrogens is 2. The molecule has 7 nitrogen and oxygen atoms in total. The lowest BCUT2D eigenvalue weighted by Gasteiger charge is -2.30. The summed E-state index contributed by atoms with van der Waals surface area (Å²) in [7, 11) is 3.59. The molecular formula is C28H34F3IN4O3. The quantitative estimate of drug-likeness (QED) is 0.179. The molecule has 0 unspecified atom stereocenters. The molecule has 1 fully saturated rings. The number of alkyl halides is 2. The lowest BCUT2D eigenvalue weighted by atomic mass is 9.91. The van der Waals surface area contributed by atoms with Gasteiger partial charge in [0.1, 0.15) is 23.1 Å². The number of hydrogen-bond donors (Lipinski definition) is 2. The van der Waals surface area contributed by atoms with Crippen LogP contribution in [0.3, 0.4) is 0 Å². The number of halogens is 4. The van der Waals surface area contributed by atoms with Crippen LogP contribution >= 0.6 is 22.9 Å². The Balaban J connectivity index is 1.68. The Kier molecular flexibility index (Phi) is 8.26. The van der Waals surface area contributed by atoms with E-state index >= 15 is 4.39 Å². The molecule has 0 amide bonds. The third kappa shape index (κ3) is 6.19. The summed E-state index contributed by atoms with van der Waals surface area (Å²) in [6.45, 7) is 6.74. The van der Waals surface area contributed by atoms with Crippen LogP contribution in [-0.2, 0) is 5.92 Å². The average molecular weight is 659 g/mol. The van der Waals surface area contributed by atoms with Gasteiger partial charge in [-0.05, 0) is 59.7 Å². The fourth-order valence-corrected chi connectivity index (χ4v) is 5.32. The first kappa shape index (κ1) is 29.6. The van der Waals surface area contributed by atoms with Crippen molar-refractivity contribution in [3.05, 3.63) is 53.1 Å². The van der Waals surface area contributed by atoms with Gasteiger partial charge in [-0.1, -0.05) is 12.1 Å². The number of methoxy groups -OCH3 is 1. The van der Waals surface area contributed by atoms with Crippen LogP contribution in [0.15, 0.2) is 30.3 Å². The van der Waals surface area contributed by atoms with Crippen molar-refractivity contribution in [2.24, 2.45) is 5.41 Å². The molecule has 2 N–H and O–H groups in total. The van der Waals surface area contributed by atoms with E-state index in [1.54, 1.807) is 33.1 Å². The highest BCUT2D eigenvalue weighted by atomic mass is 127. The molecule has 212 valence electrons. The zero-order chi connectivity index (χ0) is 28.8. The van der Waals surface area contributed by atoms with E-state index in [4.69, 9.17) is 9.47 Å². The van der Waals surface area contributed by atoms with Crippen molar-refractivity contribution < 1.29 is 27.8 Å². The second kappa shape index (κ2) is 10.9. The van der Waals surface area contributed by atoms with E-state index in [2.05, 4.69) is 41.3 Å². The maximum absolute atomic E-state index is 15.4. The fraction of sp³-hybridized carbons (Fsp3) is 0.500. The number of aliphatic hydroxyl groups is 1. The summed E-state index contributed by atoms with van der Waals surface area (Å²) in [4.78, 5) is 9.05. The van der Waals surface area contributed by atoms with Crippen LogP contribution in [-0.4, -0.2) is 51.1 Å². The van der Waals surface area contributed by atoms with Crippen molar-refractivity contribution in [1.29, 1.82) is 0 Å². The first-order valence-corrected chi connectivity index (χ1v) is 13.7. The summed E-state index contributed by atoms with van der Waals surface area (Å²) >= 11 is 2.27. The number of rotatable bonds is 11. The molecule has 1 saturated carbocycles. The molecule has 1 heterocycles. The monoisotopic (exact) mass is 658 g/mol. The Bertz CT molecular complexity index is 1360. The smallest absolute Gasteiger partial charge is 0.303 e. The topological polar surface area (TPSA) is 79.7 Å². The zero-order valence-corrected chi connectivity index (χ0v) is 25.1.